The SMILES string of the molecule is S=c1[nH]nc(-c2ccccn2)n1C1C2C3CCC(C3)C21. The number of aromatic nitrogens is 4. The predicted octanol–water partition coefficient (Wildman–Crippen LogP) is 3.22. The van der Waals surface area contributed by atoms with Crippen LogP contribution in [0.1, 0.15) is 25.3 Å². The Morgan fingerprint density at radius 2 is 2.00 bits per heavy atom. The zero-order valence-corrected chi connectivity index (χ0v) is 11.9. The maximum Gasteiger partial charge on any atom is 0.195 e. The van der Waals surface area contributed by atoms with Gasteiger partial charge in [0.15, 0.2) is 10.6 Å². The van der Waals surface area contributed by atoms with Crippen LogP contribution in [0.5, 0.6) is 0 Å². The zero-order chi connectivity index (χ0) is 13.3. The molecule has 3 aliphatic rings. The fourth-order valence-corrected chi connectivity index (χ4v) is 5.13. The van der Waals surface area contributed by atoms with Crippen LogP contribution in [-0.2, 0) is 0 Å². The Labute approximate surface area is 122 Å². The van der Waals surface area contributed by atoms with E-state index in [4.69, 9.17) is 12.2 Å². The van der Waals surface area contributed by atoms with E-state index in [1.165, 1.54) is 19.3 Å². The highest BCUT2D eigenvalue weighted by Crippen LogP contribution is 2.71. The molecule has 5 rings (SSSR count). The molecule has 4 atom stereocenters. The first kappa shape index (κ1) is 11.2. The summed E-state index contributed by atoms with van der Waals surface area (Å²) in [6.45, 7) is 0. The summed E-state index contributed by atoms with van der Waals surface area (Å²) in [5.74, 6) is 4.47. The van der Waals surface area contributed by atoms with Gasteiger partial charge < -0.3 is 0 Å². The standard InChI is InChI=1S/C15H16N4S/c20-15-18-17-14(10-3-1-2-6-16-10)19(15)13-11-8-4-5-9(7-8)12(11)13/h1-3,6,8-9,11-13H,4-5,7H2,(H,18,20). The molecule has 4 nitrogen and oxygen atoms in total. The number of hydrogen-bond donors (Lipinski definition) is 1. The molecule has 3 saturated carbocycles. The summed E-state index contributed by atoms with van der Waals surface area (Å²) < 4.78 is 3.00. The summed E-state index contributed by atoms with van der Waals surface area (Å²) in [6.07, 6.45) is 6.11. The third-order valence-electron chi connectivity index (χ3n) is 5.59. The van der Waals surface area contributed by atoms with E-state index in [1.807, 2.05) is 24.4 Å². The van der Waals surface area contributed by atoms with Gasteiger partial charge in [-0.3, -0.25) is 14.6 Å². The van der Waals surface area contributed by atoms with Crippen molar-refractivity contribution in [2.75, 3.05) is 0 Å². The Hall–Kier alpha value is -1.49. The van der Waals surface area contributed by atoms with Gasteiger partial charge in [-0.25, -0.2) is 0 Å². The Balaban J connectivity index is 1.60. The van der Waals surface area contributed by atoms with E-state index in [0.29, 0.717) is 6.04 Å². The molecule has 0 saturated heterocycles. The molecule has 0 spiro atoms. The lowest BCUT2D eigenvalue weighted by Crippen LogP contribution is -2.07. The van der Waals surface area contributed by atoms with Crippen LogP contribution in [0.4, 0.5) is 0 Å². The molecule has 2 aromatic heterocycles. The normalized spacial score (nSPS) is 37.1. The lowest BCUT2D eigenvalue weighted by Gasteiger charge is -2.11. The van der Waals surface area contributed by atoms with Crippen molar-refractivity contribution >= 4 is 12.2 Å². The first-order chi connectivity index (χ1) is 9.84. The van der Waals surface area contributed by atoms with E-state index in [9.17, 15) is 0 Å². The highest BCUT2D eigenvalue weighted by atomic mass is 32.1. The van der Waals surface area contributed by atoms with Crippen LogP contribution in [0.3, 0.4) is 0 Å². The van der Waals surface area contributed by atoms with Gasteiger partial charge in [0.2, 0.25) is 0 Å². The molecule has 0 aliphatic heterocycles. The van der Waals surface area contributed by atoms with E-state index in [1.54, 1.807) is 0 Å². The minimum Gasteiger partial charge on any atom is -0.295 e. The lowest BCUT2D eigenvalue weighted by molar-refractivity contribution is 0.453. The van der Waals surface area contributed by atoms with Crippen molar-refractivity contribution in [3.63, 3.8) is 0 Å². The maximum absolute atomic E-state index is 5.48. The van der Waals surface area contributed by atoms with Crippen LogP contribution in [0.2, 0.25) is 0 Å². The molecule has 102 valence electrons. The molecule has 1 N–H and O–H groups in total. The zero-order valence-electron chi connectivity index (χ0n) is 11.1. The fourth-order valence-electron chi connectivity index (χ4n) is 4.88. The molecule has 20 heavy (non-hydrogen) atoms. The second-order valence-corrected chi connectivity index (χ2v) is 6.80. The number of fused-ring (bicyclic) bond motifs is 5. The third kappa shape index (κ3) is 1.34. The molecule has 2 aromatic rings. The van der Waals surface area contributed by atoms with Gasteiger partial charge in [0.25, 0.3) is 0 Å². The van der Waals surface area contributed by atoms with Gasteiger partial charge in [0.05, 0.1) is 0 Å². The number of hydrogen-bond acceptors (Lipinski definition) is 3. The molecule has 0 radical (unpaired) electrons. The fraction of sp³-hybridized carbons (Fsp3) is 0.533. The largest absolute Gasteiger partial charge is 0.295 e. The molecule has 0 aromatic carbocycles. The van der Waals surface area contributed by atoms with Gasteiger partial charge in [-0.2, -0.15) is 5.10 Å². The van der Waals surface area contributed by atoms with Crippen LogP contribution >= 0.6 is 12.2 Å². The molecule has 0 amide bonds. The summed E-state index contributed by atoms with van der Waals surface area (Å²) in [7, 11) is 0. The maximum atomic E-state index is 5.48. The first-order valence-corrected chi connectivity index (χ1v) is 7.84. The van der Waals surface area contributed by atoms with E-state index in [0.717, 1.165) is 40.0 Å². The van der Waals surface area contributed by atoms with Crippen LogP contribution in [0.15, 0.2) is 24.4 Å². The number of rotatable bonds is 2. The molecule has 4 unspecified atom stereocenters. The van der Waals surface area contributed by atoms with Gasteiger partial charge in [0.1, 0.15) is 5.69 Å². The lowest BCUT2D eigenvalue weighted by atomic mass is 10.0. The minimum atomic E-state index is 0.574. The number of pyridine rings is 1. The Morgan fingerprint density at radius 3 is 2.70 bits per heavy atom. The molecular formula is C15H16N4S. The van der Waals surface area contributed by atoms with Gasteiger partial charge in [-0.1, -0.05) is 6.07 Å². The van der Waals surface area contributed by atoms with Crippen LogP contribution in [-0.4, -0.2) is 19.7 Å². The van der Waals surface area contributed by atoms with E-state index in [-0.39, 0.29) is 0 Å². The van der Waals surface area contributed by atoms with Gasteiger partial charge >= 0.3 is 0 Å². The quantitative estimate of drug-likeness (QED) is 0.861. The van der Waals surface area contributed by atoms with Crippen molar-refractivity contribution in [2.24, 2.45) is 23.7 Å². The van der Waals surface area contributed by atoms with Crippen molar-refractivity contribution in [3.05, 3.63) is 29.2 Å². The van der Waals surface area contributed by atoms with Gasteiger partial charge in [0, 0.05) is 12.2 Å². The number of nitrogens with one attached hydrogen (secondary N) is 1. The summed E-state index contributed by atoms with van der Waals surface area (Å²) >= 11 is 5.48. The van der Waals surface area contributed by atoms with E-state index >= 15 is 0 Å². The molecule has 5 heteroatoms. The average Bonchev–Trinajstić information content (AvgIpc) is 2.83. The topological polar surface area (TPSA) is 46.5 Å². The molecule has 2 heterocycles. The van der Waals surface area contributed by atoms with E-state index in [2.05, 4.69) is 19.7 Å². The summed E-state index contributed by atoms with van der Waals surface area (Å²) in [5, 5.41) is 7.40. The summed E-state index contributed by atoms with van der Waals surface area (Å²) in [4.78, 5) is 4.43. The van der Waals surface area contributed by atoms with Crippen molar-refractivity contribution in [2.45, 2.75) is 25.3 Å². The Bertz CT molecular complexity index is 703. The number of aromatic amines is 1. The number of H-pyrrole nitrogens is 1. The monoisotopic (exact) mass is 284 g/mol. The number of nitrogens with zero attached hydrogens (tertiary/aromatic N) is 3. The molecule has 2 bridgehead atoms. The highest BCUT2D eigenvalue weighted by molar-refractivity contribution is 7.71. The van der Waals surface area contributed by atoms with Gasteiger partial charge in [-0.05, 0) is 67.3 Å². The highest BCUT2D eigenvalue weighted by Gasteiger charge is 2.66. The Morgan fingerprint density at radius 1 is 1.20 bits per heavy atom. The predicted molar refractivity (Wildman–Crippen MR) is 77.5 cm³/mol. The van der Waals surface area contributed by atoms with Crippen LogP contribution in [0.25, 0.3) is 11.5 Å². The second-order valence-electron chi connectivity index (χ2n) is 6.42. The molecule has 3 aliphatic carbocycles. The molecule has 3 fully saturated rings. The summed E-state index contributed by atoms with van der Waals surface area (Å²) in [6, 6.07) is 6.52. The minimum absolute atomic E-state index is 0.574. The van der Waals surface area contributed by atoms with Crippen LogP contribution in [0, 0.1) is 28.4 Å². The van der Waals surface area contributed by atoms with Crippen molar-refractivity contribution < 1.29 is 0 Å². The van der Waals surface area contributed by atoms with Crippen molar-refractivity contribution in [3.8, 4) is 11.5 Å². The average molecular weight is 284 g/mol. The van der Waals surface area contributed by atoms with E-state index < -0.39 is 0 Å². The van der Waals surface area contributed by atoms with Crippen molar-refractivity contribution in [1.82, 2.24) is 19.7 Å². The summed E-state index contributed by atoms with van der Waals surface area (Å²) in [5.41, 5.74) is 0.914. The third-order valence-corrected chi connectivity index (χ3v) is 5.88. The van der Waals surface area contributed by atoms with Gasteiger partial charge in [-0.15, -0.1) is 0 Å². The van der Waals surface area contributed by atoms with Crippen LogP contribution < -0.4 is 0 Å². The second kappa shape index (κ2) is 3.79. The smallest absolute Gasteiger partial charge is 0.195 e. The first-order valence-electron chi connectivity index (χ1n) is 7.43. The van der Waals surface area contributed by atoms with Crippen molar-refractivity contribution in [1.29, 1.82) is 0 Å². The Kier molecular flexibility index (Phi) is 2.12. The molecular weight excluding hydrogens is 268 g/mol.